The van der Waals surface area contributed by atoms with E-state index >= 15 is 0 Å². The van der Waals surface area contributed by atoms with Crippen molar-refractivity contribution in [2.24, 2.45) is 17.3 Å². The van der Waals surface area contributed by atoms with E-state index in [0.29, 0.717) is 5.41 Å². The van der Waals surface area contributed by atoms with Crippen LogP contribution in [0.25, 0.3) is 0 Å². The molecule has 0 aromatic heterocycles. The Hall–Kier alpha value is -0.0400. The highest BCUT2D eigenvalue weighted by atomic mass is 14.9. The quantitative estimate of drug-likeness (QED) is 0.648. The summed E-state index contributed by atoms with van der Waals surface area (Å²) in [4.78, 5) is 0. The van der Waals surface area contributed by atoms with Crippen molar-refractivity contribution in [1.82, 2.24) is 5.32 Å². The van der Waals surface area contributed by atoms with E-state index in [-0.39, 0.29) is 0 Å². The number of rotatable bonds is 5. The van der Waals surface area contributed by atoms with Gasteiger partial charge in [0.15, 0.2) is 0 Å². The lowest BCUT2D eigenvalue weighted by Crippen LogP contribution is -2.27. The van der Waals surface area contributed by atoms with E-state index in [2.05, 4.69) is 46.9 Å². The van der Waals surface area contributed by atoms with Crippen LogP contribution >= 0.6 is 0 Å². The molecule has 0 bridgehead atoms. The van der Waals surface area contributed by atoms with Gasteiger partial charge in [-0.05, 0) is 36.8 Å². The van der Waals surface area contributed by atoms with Gasteiger partial charge >= 0.3 is 0 Å². The van der Waals surface area contributed by atoms with Crippen LogP contribution < -0.4 is 5.32 Å². The van der Waals surface area contributed by atoms with Crippen LogP contribution in [0, 0.1) is 17.3 Å². The second-order valence-corrected chi connectivity index (χ2v) is 5.74. The third-order valence-electron chi connectivity index (χ3n) is 2.66. The fourth-order valence-corrected chi connectivity index (χ4v) is 1.03. The predicted octanol–water partition coefficient (Wildman–Crippen LogP) is 3.30. The van der Waals surface area contributed by atoms with E-state index in [9.17, 15) is 0 Å². The summed E-state index contributed by atoms with van der Waals surface area (Å²) < 4.78 is 0. The summed E-state index contributed by atoms with van der Waals surface area (Å²) in [6.45, 7) is 16.1. The summed E-state index contributed by atoms with van der Waals surface area (Å²) >= 11 is 0. The Balaban J connectivity index is 3.36. The highest BCUT2D eigenvalue weighted by molar-refractivity contribution is 4.65. The molecule has 0 aromatic rings. The molecule has 0 saturated carbocycles. The molecule has 1 atom stereocenters. The van der Waals surface area contributed by atoms with Gasteiger partial charge in [0.1, 0.15) is 0 Å². The maximum atomic E-state index is 3.52. The first-order chi connectivity index (χ1) is 5.83. The Morgan fingerprint density at radius 1 is 1.08 bits per heavy atom. The minimum absolute atomic E-state index is 0.466. The van der Waals surface area contributed by atoms with Gasteiger partial charge in [0.05, 0.1) is 0 Å². The van der Waals surface area contributed by atoms with Crippen molar-refractivity contribution in [3.05, 3.63) is 0 Å². The van der Waals surface area contributed by atoms with Crippen LogP contribution in [0.4, 0.5) is 0 Å². The Morgan fingerprint density at radius 2 is 1.62 bits per heavy atom. The predicted molar refractivity (Wildman–Crippen MR) is 60.9 cm³/mol. The molecular formula is C12H27N. The van der Waals surface area contributed by atoms with Crippen LogP contribution in [0.3, 0.4) is 0 Å². The maximum absolute atomic E-state index is 3.52. The monoisotopic (exact) mass is 185 g/mol. The van der Waals surface area contributed by atoms with E-state index in [4.69, 9.17) is 0 Å². The van der Waals surface area contributed by atoms with Gasteiger partial charge in [-0.15, -0.1) is 0 Å². The molecule has 0 aliphatic rings. The smallest absolute Gasteiger partial charge is 0.00207 e. The first-order valence-electron chi connectivity index (χ1n) is 5.53. The number of nitrogens with one attached hydrogen (secondary N) is 1. The van der Waals surface area contributed by atoms with E-state index in [0.717, 1.165) is 24.9 Å². The average Bonchev–Trinajstić information content (AvgIpc) is 1.95. The Morgan fingerprint density at radius 3 is 2.00 bits per heavy atom. The Bertz CT molecular complexity index is 122. The largest absolute Gasteiger partial charge is 0.316 e. The molecule has 1 nitrogen and oxygen atoms in total. The molecule has 13 heavy (non-hydrogen) atoms. The number of hydrogen-bond acceptors (Lipinski definition) is 1. The molecule has 0 saturated heterocycles. The van der Waals surface area contributed by atoms with Gasteiger partial charge in [-0.3, -0.25) is 0 Å². The molecule has 0 spiro atoms. The molecule has 1 N–H and O–H groups in total. The van der Waals surface area contributed by atoms with E-state index in [1.807, 2.05) is 0 Å². The SMILES string of the molecule is CC(C)C(C)CNCCC(C)(C)C. The van der Waals surface area contributed by atoms with Gasteiger partial charge in [-0.2, -0.15) is 0 Å². The van der Waals surface area contributed by atoms with Crippen molar-refractivity contribution in [2.75, 3.05) is 13.1 Å². The Kier molecular flexibility index (Phi) is 5.62. The minimum atomic E-state index is 0.466. The highest BCUT2D eigenvalue weighted by Crippen LogP contribution is 2.17. The molecule has 80 valence electrons. The lowest BCUT2D eigenvalue weighted by Gasteiger charge is -2.20. The highest BCUT2D eigenvalue weighted by Gasteiger charge is 2.10. The normalized spacial score (nSPS) is 15.0. The van der Waals surface area contributed by atoms with Crippen molar-refractivity contribution >= 4 is 0 Å². The van der Waals surface area contributed by atoms with Crippen molar-refractivity contribution in [2.45, 2.75) is 48.0 Å². The van der Waals surface area contributed by atoms with Crippen molar-refractivity contribution in [1.29, 1.82) is 0 Å². The van der Waals surface area contributed by atoms with Gasteiger partial charge in [-0.25, -0.2) is 0 Å². The molecular weight excluding hydrogens is 158 g/mol. The summed E-state index contributed by atoms with van der Waals surface area (Å²) in [6.07, 6.45) is 1.26. The van der Waals surface area contributed by atoms with Gasteiger partial charge in [0, 0.05) is 0 Å². The van der Waals surface area contributed by atoms with Crippen LogP contribution in [-0.2, 0) is 0 Å². The van der Waals surface area contributed by atoms with E-state index < -0.39 is 0 Å². The second kappa shape index (κ2) is 5.64. The average molecular weight is 185 g/mol. The molecule has 1 heteroatoms. The molecule has 0 aromatic carbocycles. The van der Waals surface area contributed by atoms with Crippen molar-refractivity contribution in [3.63, 3.8) is 0 Å². The van der Waals surface area contributed by atoms with Gasteiger partial charge in [0.2, 0.25) is 0 Å². The van der Waals surface area contributed by atoms with Gasteiger partial charge in [-0.1, -0.05) is 41.5 Å². The van der Waals surface area contributed by atoms with Crippen LogP contribution in [0.15, 0.2) is 0 Å². The molecule has 0 aliphatic carbocycles. The van der Waals surface area contributed by atoms with E-state index in [1.54, 1.807) is 0 Å². The van der Waals surface area contributed by atoms with Crippen LogP contribution in [0.5, 0.6) is 0 Å². The lowest BCUT2D eigenvalue weighted by atomic mass is 9.92. The van der Waals surface area contributed by atoms with Crippen molar-refractivity contribution in [3.8, 4) is 0 Å². The Labute approximate surface area is 84.3 Å². The lowest BCUT2D eigenvalue weighted by molar-refractivity contribution is 0.342. The standard InChI is InChI=1S/C12H27N/c1-10(2)11(3)9-13-8-7-12(4,5)6/h10-11,13H,7-9H2,1-6H3. The number of hydrogen-bond donors (Lipinski definition) is 1. The molecule has 1 unspecified atom stereocenters. The topological polar surface area (TPSA) is 12.0 Å². The molecule has 0 heterocycles. The fourth-order valence-electron chi connectivity index (χ4n) is 1.03. The molecule has 0 radical (unpaired) electrons. The van der Waals surface area contributed by atoms with Crippen LogP contribution in [0.1, 0.15) is 48.0 Å². The van der Waals surface area contributed by atoms with Crippen LogP contribution in [-0.4, -0.2) is 13.1 Å². The molecule has 0 fully saturated rings. The second-order valence-electron chi connectivity index (χ2n) is 5.74. The zero-order valence-electron chi connectivity index (χ0n) is 10.3. The fraction of sp³-hybridized carbons (Fsp3) is 1.00. The van der Waals surface area contributed by atoms with Gasteiger partial charge < -0.3 is 5.32 Å². The first-order valence-corrected chi connectivity index (χ1v) is 5.53. The van der Waals surface area contributed by atoms with Gasteiger partial charge in [0.25, 0.3) is 0 Å². The van der Waals surface area contributed by atoms with E-state index in [1.165, 1.54) is 6.42 Å². The van der Waals surface area contributed by atoms with Crippen LogP contribution in [0.2, 0.25) is 0 Å². The molecule has 0 amide bonds. The van der Waals surface area contributed by atoms with Crippen molar-refractivity contribution < 1.29 is 0 Å². The first kappa shape index (κ1) is 13.0. The third-order valence-corrected chi connectivity index (χ3v) is 2.66. The summed E-state index contributed by atoms with van der Waals surface area (Å²) in [5.41, 5.74) is 0.466. The zero-order chi connectivity index (χ0) is 10.5. The maximum Gasteiger partial charge on any atom is -0.00207 e. The summed E-state index contributed by atoms with van der Waals surface area (Å²) in [5.74, 6) is 1.59. The minimum Gasteiger partial charge on any atom is -0.316 e. The molecule has 0 aliphatic heterocycles. The third kappa shape index (κ3) is 8.29. The zero-order valence-corrected chi connectivity index (χ0v) is 10.3. The summed E-state index contributed by atoms with van der Waals surface area (Å²) in [6, 6.07) is 0. The molecule has 0 rings (SSSR count). The summed E-state index contributed by atoms with van der Waals surface area (Å²) in [5, 5.41) is 3.52. The summed E-state index contributed by atoms with van der Waals surface area (Å²) in [7, 11) is 0.